The van der Waals surface area contributed by atoms with Crippen molar-refractivity contribution in [3.8, 4) is 0 Å². The molecule has 1 rings (SSSR count). The second kappa shape index (κ2) is 8.93. The third kappa shape index (κ3) is 5.88. The van der Waals surface area contributed by atoms with Crippen molar-refractivity contribution >= 4 is 5.91 Å². The van der Waals surface area contributed by atoms with E-state index >= 15 is 0 Å². The topological polar surface area (TPSA) is 58.6 Å². The van der Waals surface area contributed by atoms with E-state index in [2.05, 4.69) is 5.32 Å². The molecular weight excluding hydrogens is 254 g/mol. The zero-order chi connectivity index (χ0) is 15.0. The summed E-state index contributed by atoms with van der Waals surface area (Å²) in [6, 6.07) is 0. The van der Waals surface area contributed by atoms with Crippen LogP contribution in [-0.2, 0) is 9.53 Å². The summed E-state index contributed by atoms with van der Waals surface area (Å²) in [6.07, 6.45) is 8.43. The average molecular weight is 281 g/mol. The Labute approximate surface area is 121 Å². The van der Waals surface area contributed by atoms with E-state index in [1.807, 2.05) is 32.1 Å². The van der Waals surface area contributed by atoms with Crippen molar-refractivity contribution in [2.45, 2.75) is 51.7 Å². The minimum Gasteiger partial charge on any atom is -0.389 e. The lowest BCUT2D eigenvalue weighted by Crippen LogP contribution is -2.32. The number of allylic oxidation sites excluding steroid dienone is 1. The molecule has 20 heavy (non-hydrogen) atoms. The van der Waals surface area contributed by atoms with Gasteiger partial charge in [0.15, 0.2) is 0 Å². The summed E-state index contributed by atoms with van der Waals surface area (Å²) in [5, 5.41) is 13.2. The summed E-state index contributed by atoms with van der Waals surface area (Å²) in [5.74, 6) is 0.0752. The molecule has 3 atom stereocenters. The fourth-order valence-corrected chi connectivity index (χ4v) is 2.34. The van der Waals surface area contributed by atoms with Gasteiger partial charge in [-0.2, -0.15) is 0 Å². The molecule has 0 spiro atoms. The highest BCUT2D eigenvalue weighted by molar-refractivity contribution is 5.76. The van der Waals surface area contributed by atoms with Crippen LogP contribution < -0.4 is 5.32 Å². The Hall–Kier alpha value is -1.13. The molecule has 0 aromatic carbocycles. The summed E-state index contributed by atoms with van der Waals surface area (Å²) >= 11 is 0. The lowest BCUT2D eigenvalue weighted by Gasteiger charge is -2.23. The lowest BCUT2D eigenvalue weighted by atomic mass is 9.96. The molecule has 0 aromatic heterocycles. The Balaban J connectivity index is 2.78. The van der Waals surface area contributed by atoms with Crippen LogP contribution in [0.1, 0.15) is 39.5 Å². The number of hydrogen-bond acceptors (Lipinski definition) is 3. The van der Waals surface area contributed by atoms with Gasteiger partial charge >= 0.3 is 0 Å². The first kappa shape index (κ1) is 16.9. The van der Waals surface area contributed by atoms with Gasteiger partial charge in [-0.05, 0) is 26.2 Å². The fraction of sp³-hybridized carbons (Fsp3) is 0.688. The molecule has 1 unspecified atom stereocenters. The van der Waals surface area contributed by atoms with Gasteiger partial charge in [-0.3, -0.25) is 4.79 Å². The second-order valence-electron chi connectivity index (χ2n) is 5.51. The number of rotatable bonds is 1. The van der Waals surface area contributed by atoms with Crippen LogP contribution in [0.5, 0.6) is 0 Å². The predicted molar refractivity (Wildman–Crippen MR) is 80.3 cm³/mol. The highest BCUT2D eigenvalue weighted by Crippen LogP contribution is 2.15. The van der Waals surface area contributed by atoms with E-state index in [0.717, 1.165) is 24.8 Å². The Bertz CT molecular complexity index is 363. The van der Waals surface area contributed by atoms with Crippen molar-refractivity contribution in [3.05, 3.63) is 23.8 Å². The normalized spacial score (nSPS) is 34.5. The number of nitrogens with one attached hydrogen (secondary N) is 1. The molecule has 0 saturated carbocycles. The molecule has 0 aliphatic carbocycles. The number of carbonyl (C=O) groups excluding carboxylic acids is 1. The molecule has 0 saturated heterocycles. The quantitative estimate of drug-likeness (QED) is 0.724. The van der Waals surface area contributed by atoms with E-state index < -0.39 is 6.10 Å². The summed E-state index contributed by atoms with van der Waals surface area (Å²) in [7, 11) is 1.62. The van der Waals surface area contributed by atoms with Gasteiger partial charge in [0, 0.05) is 26.0 Å². The van der Waals surface area contributed by atoms with Crippen molar-refractivity contribution in [1.82, 2.24) is 5.32 Å². The molecule has 0 fully saturated rings. The van der Waals surface area contributed by atoms with Crippen molar-refractivity contribution in [2.24, 2.45) is 5.92 Å². The van der Waals surface area contributed by atoms with Crippen LogP contribution in [0, 0.1) is 5.92 Å². The van der Waals surface area contributed by atoms with E-state index in [1.54, 1.807) is 7.11 Å². The summed E-state index contributed by atoms with van der Waals surface area (Å²) < 4.78 is 5.35. The first-order chi connectivity index (χ1) is 9.54. The maximum Gasteiger partial charge on any atom is 0.220 e. The SMILES string of the molecule is CO[C@H]1/C=C/CCCCC(=O)NC/C(C)=C\C(C)[C@@H]1O. The van der Waals surface area contributed by atoms with Crippen LogP contribution in [0.15, 0.2) is 23.8 Å². The van der Waals surface area contributed by atoms with Crippen molar-refractivity contribution in [3.63, 3.8) is 0 Å². The summed E-state index contributed by atoms with van der Waals surface area (Å²) in [4.78, 5) is 11.6. The van der Waals surface area contributed by atoms with Gasteiger partial charge < -0.3 is 15.2 Å². The molecule has 0 aromatic rings. The van der Waals surface area contributed by atoms with E-state index in [9.17, 15) is 9.90 Å². The molecule has 1 aliphatic heterocycles. The summed E-state index contributed by atoms with van der Waals surface area (Å²) in [5.41, 5.74) is 1.06. The monoisotopic (exact) mass is 281 g/mol. The average Bonchev–Trinajstić information content (AvgIpc) is 2.43. The van der Waals surface area contributed by atoms with Crippen LogP contribution in [0.25, 0.3) is 0 Å². The molecule has 1 heterocycles. The van der Waals surface area contributed by atoms with E-state index in [1.165, 1.54) is 0 Å². The first-order valence-electron chi connectivity index (χ1n) is 7.36. The number of ether oxygens (including phenoxy) is 1. The second-order valence-corrected chi connectivity index (χ2v) is 5.51. The largest absolute Gasteiger partial charge is 0.389 e. The lowest BCUT2D eigenvalue weighted by molar-refractivity contribution is -0.121. The Kier molecular flexibility index (Phi) is 7.55. The van der Waals surface area contributed by atoms with Crippen LogP contribution in [0.2, 0.25) is 0 Å². The first-order valence-corrected chi connectivity index (χ1v) is 7.36. The van der Waals surface area contributed by atoms with Gasteiger partial charge in [0.2, 0.25) is 5.91 Å². The number of amides is 1. The van der Waals surface area contributed by atoms with Gasteiger partial charge in [-0.15, -0.1) is 0 Å². The van der Waals surface area contributed by atoms with Gasteiger partial charge in [0.1, 0.15) is 6.10 Å². The number of hydrogen-bond donors (Lipinski definition) is 2. The van der Waals surface area contributed by atoms with Crippen LogP contribution in [-0.4, -0.2) is 36.9 Å². The van der Waals surface area contributed by atoms with E-state index in [0.29, 0.717) is 13.0 Å². The molecule has 0 radical (unpaired) electrons. The van der Waals surface area contributed by atoms with Crippen LogP contribution in [0.3, 0.4) is 0 Å². The number of carbonyl (C=O) groups is 1. The Morgan fingerprint density at radius 1 is 1.40 bits per heavy atom. The zero-order valence-corrected chi connectivity index (χ0v) is 12.8. The van der Waals surface area contributed by atoms with E-state index in [-0.39, 0.29) is 17.9 Å². The van der Waals surface area contributed by atoms with Crippen molar-refractivity contribution in [2.75, 3.05) is 13.7 Å². The smallest absolute Gasteiger partial charge is 0.220 e. The maximum atomic E-state index is 11.6. The fourth-order valence-electron chi connectivity index (χ4n) is 2.34. The third-order valence-corrected chi connectivity index (χ3v) is 3.61. The third-order valence-electron chi connectivity index (χ3n) is 3.61. The minimum atomic E-state index is -0.579. The van der Waals surface area contributed by atoms with Gasteiger partial charge in [-0.25, -0.2) is 0 Å². The van der Waals surface area contributed by atoms with Gasteiger partial charge in [0.25, 0.3) is 0 Å². The van der Waals surface area contributed by atoms with Crippen LogP contribution in [0.4, 0.5) is 0 Å². The maximum absolute atomic E-state index is 11.6. The van der Waals surface area contributed by atoms with E-state index in [4.69, 9.17) is 4.74 Å². The molecule has 4 nitrogen and oxygen atoms in total. The van der Waals surface area contributed by atoms with Crippen molar-refractivity contribution in [1.29, 1.82) is 0 Å². The molecular formula is C16H27NO3. The minimum absolute atomic E-state index is 0.0237. The molecule has 4 heteroatoms. The molecule has 0 bridgehead atoms. The highest BCUT2D eigenvalue weighted by atomic mass is 16.5. The number of aliphatic hydroxyl groups is 1. The van der Waals surface area contributed by atoms with Gasteiger partial charge in [-0.1, -0.05) is 30.7 Å². The number of methoxy groups -OCH3 is 1. The van der Waals surface area contributed by atoms with Gasteiger partial charge in [0.05, 0.1) is 6.10 Å². The highest BCUT2D eigenvalue weighted by Gasteiger charge is 2.21. The molecule has 1 aliphatic rings. The summed E-state index contributed by atoms with van der Waals surface area (Å²) in [6.45, 7) is 4.47. The molecule has 1 amide bonds. The Morgan fingerprint density at radius 2 is 2.15 bits per heavy atom. The zero-order valence-electron chi connectivity index (χ0n) is 12.8. The van der Waals surface area contributed by atoms with Crippen molar-refractivity contribution < 1.29 is 14.6 Å². The molecule has 114 valence electrons. The Morgan fingerprint density at radius 3 is 2.85 bits per heavy atom. The standard InChI is InChI=1S/C16H27NO3/c1-12-10-13(2)16(19)14(20-3)8-6-4-5-7-9-15(18)17-11-12/h6,8,10,13-14,16,19H,4-5,7,9,11H2,1-3H3,(H,17,18)/b8-6+,12-10-/t13?,14-,16-/m0/s1. The van der Waals surface area contributed by atoms with Crippen LogP contribution >= 0.6 is 0 Å². The predicted octanol–water partition coefficient (Wildman–Crippen LogP) is 2.19. The molecule has 2 N–H and O–H groups in total. The number of aliphatic hydroxyl groups excluding tert-OH is 1.